The van der Waals surface area contributed by atoms with Crippen LogP contribution in [0, 0.1) is 15.9 Å². The molecule has 0 atom stereocenters. The van der Waals surface area contributed by atoms with E-state index in [0.717, 1.165) is 0 Å². The Bertz CT molecular complexity index is 978. The summed E-state index contributed by atoms with van der Waals surface area (Å²) in [6, 6.07) is 14.7. The Morgan fingerprint density at radius 3 is 2.65 bits per heavy atom. The Morgan fingerprint density at radius 2 is 1.88 bits per heavy atom. The molecular weight excluding hydrogens is 339 g/mol. The van der Waals surface area contributed by atoms with Crippen LogP contribution >= 0.6 is 0 Å². The predicted octanol–water partition coefficient (Wildman–Crippen LogP) is 4.12. The third-order valence-electron chi connectivity index (χ3n) is 3.49. The number of anilines is 3. The van der Waals surface area contributed by atoms with E-state index >= 15 is 0 Å². The van der Waals surface area contributed by atoms with Crippen LogP contribution in [0.15, 0.2) is 66.9 Å². The summed E-state index contributed by atoms with van der Waals surface area (Å²) in [5.74, 6) is -0.846. The van der Waals surface area contributed by atoms with Gasteiger partial charge in [0.05, 0.1) is 16.2 Å². The summed E-state index contributed by atoms with van der Waals surface area (Å²) >= 11 is 0. The van der Waals surface area contributed by atoms with Gasteiger partial charge in [-0.25, -0.2) is 9.37 Å². The van der Waals surface area contributed by atoms with Gasteiger partial charge in [0.1, 0.15) is 11.6 Å². The van der Waals surface area contributed by atoms with Crippen molar-refractivity contribution in [1.29, 1.82) is 0 Å². The van der Waals surface area contributed by atoms with Gasteiger partial charge in [-0.2, -0.15) is 0 Å². The van der Waals surface area contributed by atoms with Crippen molar-refractivity contribution in [3.8, 4) is 0 Å². The van der Waals surface area contributed by atoms with Gasteiger partial charge in [0, 0.05) is 24.0 Å². The molecule has 3 aromatic rings. The van der Waals surface area contributed by atoms with E-state index in [1.165, 1.54) is 48.7 Å². The first-order valence-corrected chi connectivity index (χ1v) is 7.57. The van der Waals surface area contributed by atoms with Crippen LogP contribution in [0.25, 0.3) is 0 Å². The third kappa shape index (κ3) is 3.81. The van der Waals surface area contributed by atoms with Crippen molar-refractivity contribution in [2.24, 2.45) is 0 Å². The molecule has 0 bridgehead atoms. The molecule has 0 radical (unpaired) electrons. The molecule has 0 saturated carbocycles. The molecule has 0 unspecified atom stereocenters. The number of hydrogen-bond acceptors (Lipinski definition) is 5. The number of nitro groups is 1. The highest BCUT2D eigenvalue weighted by atomic mass is 19.1. The molecule has 3 rings (SSSR count). The molecular formula is C18H13FN4O3. The SMILES string of the molecule is O=C(Nc1cccc([N+](=O)[O-])c1)c1cccnc1Nc1ccccc1F. The van der Waals surface area contributed by atoms with Crippen LogP contribution in [0.1, 0.15) is 10.4 Å². The number of nitrogens with zero attached hydrogens (tertiary/aromatic N) is 2. The standard InChI is InChI=1S/C18H13FN4O3/c19-15-8-1-2-9-16(15)22-17-14(7-4-10-20-17)18(24)21-12-5-3-6-13(11-12)23(25)26/h1-11H,(H,20,22)(H,21,24). The number of non-ortho nitro benzene ring substituents is 1. The summed E-state index contributed by atoms with van der Waals surface area (Å²) in [5, 5.41) is 16.2. The van der Waals surface area contributed by atoms with Crippen molar-refractivity contribution in [2.75, 3.05) is 10.6 Å². The zero-order chi connectivity index (χ0) is 18.5. The molecule has 1 amide bonds. The van der Waals surface area contributed by atoms with Crippen LogP contribution in [0.5, 0.6) is 0 Å². The fourth-order valence-electron chi connectivity index (χ4n) is 2.27. The lowest BCUT2D eigenvalue weighted by molar-refractivity contribution is -0.384. The van der Waals surface area contributed by atoms with Crippen molar-refractivity contribution in [1.82, 2.24) is 4.98 Å². The summed E-state index contributed by atoms with van der Waals surface area (Å²) < 4.78 is 13.8. The summed E-state index contributed by atoms with van der Waals surface area (Å²) in [4.78, 5) is 26.9. The Kier molecular flexibility index (Phi) is 4.84. The van der Waals surface area contributed by atoms with E-state index in [2.05, 4.69) is 15.6 Å². The molecule has 7 nitrogen and oxygen atoms in total. The Labute approximate surface area is 147 Å². The maximum atomic E-state index is 13.8. The lowest BCUT2D eigenvalue weighted by Gasteiger charge is -2.11. The number of amides is 1. The molecule has 0 fully saturated rings. The van der Waals surface area contributed by atoms with Crippen LogP contribution in [-0.4, -0.2) is 15.8 Å². The molecule has 0 saturated heterocycles. The highest BCUT2D eigenvalue weighted by Gasteiger charge is 2.15. The van der Waals surface area contributed by atoms with E-state index in [-0.39, 0.29) is 28.4 Å². The summed E-state index contributed by atoms with van der Waals surface area (Å²) in [6.45, 7) is 0. The number of halogens is 1. The van der Waals surface area contributed by atoms with Crippen molar-refractivity contribution in [2.45, 2.75) is 0 Å². The van der Waals surface area contributed by atoms with Gasteiger partial charge < -0.3 is 10.6 Å². The molecule has 2 aromatic carbocycles. The summed E-state index contributed by atoms with van der Waals surface area (Å²) in [6.07, 6.45) is 1.47. The lowest BCUT2D eigenvalue weighted by atomic mass is 10.2. The van der Waals surface area contributed by atoms with Crippen molar-refractivity contribution in [3.63, 3.8) is 0 Å². The van der Waals surface area contributed by atoms with Gasteiger partial charge >= 0.3 is 0 Å². The van der Waals surface area contributed by atoms with E-state index in [1.54, 1.807) is 18.2 Å². The smallest absolute Gasteiger partial charge is 0.271 e. The van der Waals surface area contributed by atoms with Crippen LogP contribution in [0.3, 0.4) is 0 Å². The molecule has 0 spiro atoms. The minimum Gasteiger partial charge on any atom is -0.337 e. The van der Waals surface area contributed by atoms with E-state index in [4.69, 9.17) is 0 Å². The van der Waals surface area contributed by atoms with E-state index in [9.17, 15) is 19.3 Å². The van der Waals surface area contributed by atoms with Gasteiger partial charge in [-0.3, -0.25) is 14.9 Å². The minimum absolute atomic E-state index is 0.140. The molecule has 1 heterocycles. The maximum Gasteiger partial charge on any atom is 0.271 e. The molecule has 2 N–H and O–H groups in total. The second-order valence-corrected chi connectivity index (χ2v) is 5.27. The number of para-hydroxylation sites is 1. The van der Waals surface area contributed by atoms with E-state index in [1.807, 2.05) is 0 Å². The second kappa shape index (κ2) is 7.39. The van der Waals surface area contributed by atoms with Crippen molar-refractivity contribution in [3.05, 3.63) is 88.4 Å². The first-order valence-electron chi connectivity index (χ1n) is 7.57. The minimum atomic E-state index is -0.551. The molecule has 1 aromatic heterocycles. The number of rotatable bonds is 5. The molecule has 0 aliphatic carbocycles. The monoisotopic (exact) mass is 352 g/mol. The summed E-state index contributed by atoms with van der Waals surface area (Å²) in [5.41, 5.74) is 0.474. The zero-order valence-electron chi connectivity index (χ0n) is 13.3. The molecule has 8 heteroatoms. The number of carbonyl (C=O) groups excluding carboxylic acids is 1. The average molecular weight is 352 g/mol. The second-order valence-electron chi connectivity index (χ2n) is 5.27. The number of benzene rings is 2. The molecule has 0 aliphatic heterocycles. The predicted molar refractivity (Wildman–Crippen MR) is 95.0 cm³/mol. The topological polar surface area (TPSA) is 97.2 Å². The lowest BCUT2D eigenvalue weighted by Crippen LogP contribution is -2.15. The van der Waals surface area contributed by atoms with Crippen LogP contribution in [-0.2, 0) is 0 Å². The fourth-order valence-corrected chi connectivity index (χ4v) is 2.27. The summed E-state index contributed by atoms with van der Waals surface area (Å²) in [7, 11) is 0. The molecule has 26 heavy (non-hydrogen) atoms. The number of pyridine rings is 1. The van der Waals surface area contributed by atoms with Gasteiger partial charge in [0.2, 0.25) is 0 Å². The zero-order valence-corrected chi connectivity index (χ0v) is 13.3. The van der Waals surface area contributed by atoms with Crippen LogP contribution < -0.4 is 10.6 Å². The number of nitrogens with one attached hydrogen (secondary N) is 2. The number of carbonyl (C=O) groups is 1. The van der Waals surface area contributed by atoms with E-state index < -0.39 is 16.6 Å². The quantitative estimate of drug-likeness (QED) is 0.532. The van der Waals surface area contributed by atoms with Crippen LogP contribution in [0.4, 0.5) is 27.3 Å². The first kappa shape index (κ1) is 17.0. The number of nitro benzene ring substituents is 1. The highest BCUT2D eigenvalue weighted by Crippen LogP contribution is 2.23. The van der Waals surface area contributed by atoms with Gasteiger partial charge in [-0.15, -0.1) is 0 Å². The molecule has 0 aliphatic rings. The Morgan fingerprint density at radius 1 is 1.08 bits per heavy atom. The van der Waals surface area contributed by atoms with Gasteiger partial charge in [0.25, 0.3) is 11.6 Å². The Balaban J connectivity index is 1.85. The van der Waals surface area contributed by atoms with Gasteiger partial charge in [-0.1, -0.05) is 18.2 Å². The first-order chi connectivity index (χ1) is 12.5. The van der Waals surface area contributed by atoms with Crippen molar-refractivity contribution < 1.29 is 14.1 Å². The third-order valence-corrected chi connectivity index (χ3v) is 3.49. The fraction of sp³-hybridized carbons (Fsp3) is 0. The molecule has 130 valence electrons. The maximum absolute atomic E-state index is 13.8. The highest BCUT2D eigenvalue weighted by molar-refractivity contribution is 6.07. The Hall–Kier alpha value is -3.81. The van der Waals surface area contributed by atoms with Crippen molar-refractivity contribution >= 4 is 28.8 Å². The number of aromatic nitrogens is 1. The largest absolute Gasteiger partial charge is 0.337 e. The number of hydrogen-bond donors (Lipinski definition) is 2. The average Bonchev–Trinajstić information content (AvgIpc) is 2.64. The van der Waals surface area contributed by atoms with Crippen LogP contribution in [0.2, 0.25) is 0 Å². The van der Waals surface area contributed by atoms with E-state index in [0.29, 0.717) is 0 Å². The normalized spacial score (nSPS) is 10.2. The van der Waals surface area contributed by atoms with Gasteiger partial charge in [-0.05, 0) is 30.3 Å². The van der Waals surface area contributed by atoms with Gasteiger partial charge in [0.15, 0.2) is 0 Å².